The molecule has 0 aliphatic carbocycles. The van der Waals surface area contributed by atoms with Gasteiger partial charge in [-0.25, -0.2) is 0 Å². The summed E-state index contributed by atoms with van der Waals surface area (Å²) in [5.74, 6) is 0. The average Bonchev–Trinajstić information content (AvgIpc) is 2.33. The SMILES string of the molecule is CCCn1cc(CO)c(=O)c2ccccc21. The molecule has 1 aromatic carbocycles. The molecule has 0 aliphatic heterocycles. The van der Waals surface area contributed by atoms with Crippen molar-refractivity contribution in [1.82, 2.24) is 4.57 Å². The predicted octanol–water partition coefficient (Wildman–Crippen LogP) is 1.90. The van der Waals surface area contributed by atoms with E-state index in [0.717, 1.165) is 18.5 Å². The van der Waals surface area contributed by atoms with E-state index < -0.39 is 0 Å². The van der Waals surface area contributed by atoms with Crippen LogP contribution in [0.25, 0.3) is 10.9 Å². The van der Waals surface area contributed by atoms with Crippen molar-refractivity contribution in [2.75, 3.05) is 0 Å². The van der Waals surface area contributed by atoms with Crippen LogP contribution in [-0.4, -0.2) is 9.67 Å². The molecule has 1 aromatic heterocycles. The zero-order chi connectivity index (χ0) is 11.5. The number of nitrogens with zero attached hydrogens (tertiary/aromatic N) is 1. The fourth-order valence-corrected chi connectivity index (χ4v) is 1.94. The molecule has 0 unspecified atom stereocenters. The molecule has 0 atom stereocenters. The molecule has 16 heavy (non-hydrogen) atoms. The Kier molecular flexibility index (Phi) is 3.06. The standard InChI is InChI=1S/C13H15NO2/c1-2-7-14-8-10(9-15)13(16)11-5-3-4-6-12(11)14/h3-6,8,15H,2,7,9H2,1H3. The first kappa shape index (κ1) is 10.9. The quantitative estimate of drug-likeness (QED) is 0.853. The lowest BCUT2D eigenvalue weighted by Crippen LogP contribution is -2.14. The van der Waals surface area contributed by atoms with Gasteiger partial charge in [-0.1, -0.05) is 19.1 Å². The highest BCUT2D eigenvalue weighted by molar-refractivity contribution is 5.79. The van der Waals surface area contributed by atoms with Crippen LogP contribution >= 0.6 is 0 Å². The molecule has 0 saturated carbocycles. The van der Waals surface area contributed by atoms with E-state index in [1.807, 2.05) is 28.8 Å². The number of rotatable bonds is 3. The summed E-state index contributed by atoms with van der Waals surface area (Å²) < 4.78 is 2.03. The summed E-state index contributed by atoms with van der Waals surface area (Å²) in [6.45, 7) is 2.74. The Morgan fingerprint density at radius 2 is 2.06 bits per heavy atom. The van der Waals surface area contributed by atoms with E-state index in [-0.39, 0.29) is 12.0 Å². The van der Waals surface area contributed by atoms with Crippen LogP contribution in [0.15, 0.2) is 35.3 Å². The molecule has 84 valence electrons. The zero-order valence-corrected chi connectivity index (χ0v) is 9.31. The third-order valence-corrected chi connectivity index (χ3v) is 2.70. The lowest BCUT2D eigenvalue weighted by Gasteiger charge is -2.11. The Balaban J connectivity index is 2.79. The highest BCUT2D eigenvalue weighted by Gasteiger charge is 2.06. The van der Waals surface area contributed by atoms with Gasteiger partial charge in [-0.15, -0.1) is 0 Å². The third-order valence-electron chi connectivity index (χ3n) is 2.70. The van der Waals surface area contributed by atoms with Crippen LogP contribution < -0.4 is 5.43 Å². The summed E-state index contributed by atoms with van der Waals surface area (Å²) in [5.41, 5.74) is 1.34. The summed E-state index contributed by atoms with van der Waals surface area (Å²) >= 11 is 0. The van der Waals surface area contributed by atoms with Gasteiger partial charge in [-0.05, 0) is 18.6 Å². The molecule has 3 nitrogen and oxygen atoms in total. The van der Waals surface area contributed by atoms with E-state index in [1.54, 1.807) is 6.20 Å². The van der Waals surface area contributed by atoms with Gasteiger partial charge in [0.05, 0.1) is 12.1 Å². The van der Waals surface area contributed by atoms with Gasteiger partial charge in [0.15, 0.2) is 5.43 Å². The number of pyridine rings is 1. The maximum atomic E-state index is 11.9. The lowest BCUT2D eigenvalue weighted by molar-refractivity contribution is 0.280. The van der Waals surface area contributed by atoms with Crippen molar-refractivity contribution in [3.63, 3.8) is 0 Å². The molecule has 2 aromatic rings. The van der Waals surface area contributed by atoms with Crippen LogP contribution in [0.2, 0.25) is 0 Å². The van der Waals surface area contributed by atoms with Crippen LogP contribution in [0.4, 0.5) is 0 Å². The van der Waals surface area contributed by atoms with Crippen molar-refractivity contribution in [2.45, 2.75) is 26.5 Å². The molecular formula is C13H15NO2. The minimum atomic E-state index is -0.201. The van der Waals surface area contributed by atoms with Crippen LogP contribution in [-0.2, 0) is 13.2 Å². The number of aliphatic hydroxyl groups is 1. The molecule has 1 heterocycles. The number of benzene rings is 1. The van der Waals surface area contributed by atoms with Crippen LogP contribution in [0.3, 0.4) is 0 Å². The van der Waals surface area contributed by atoms with Crippen LogP contribution in [0, 0.1) is 0 Å². The number of aromatic nitrogens is 1. The van der Waals surface area contributed by atoms with Crippen molar-refractivity contribution in [3.8, 4) is 0 Å². The van der Waals surface area contributed by atoms with E-state index in [2.05, 4.69) is 6.92 Å². The first-order valence-corrected chi connectivity index (χ1v) is 5.50. The number of para-hydroxylation sites is 1. The average molecular weight is 217 g/mol. The van der Waals surface area contributed by atoms with Crippen molar-refractivity contribution in [3.05, 3.63) is 46.2 Å². The summed E-state index contributed by atoms with van der Waals surface area (Å²) in [5, 5.41) is 9.84. The maximum Gasteiger partial charge on any atom is 0.194 e. The van der Waals surface area contributed by atoms with Gasteiger partial charge < -0.3 is 9.67 Å². The maximum absolute atomic E-state index is 11.9. The Bertz CT molecular complexity index is 557. The van der Waals surface area contributed by atoms with E-state index in [9.17, 15) is 4.79 Å². The number of hydrogen-bond donors (Lipinski definition) is 1. The van der Waals surface area contributed by atoms with Crippen LogP contribution in [0.1, 0.15) is 18.9 Å². The molecule has 0 radical (unpaired) electrons. The Labute approximate surface area is 94.0 Å². The second-order valence-electron chi connectivity index (χ2n) is 3.85. The lowest BCUT2D eigenvalue weighted by atomic mass is 10.1. The summed E-state index contributed by atoms with van der Waals surface area (Å²) in [6, 6.07) is 7.52. The predicted molar refractivity (Wildman–Crippen MR) is 64.4 cm³/mol. The number of aryl methyl sites for hydroxylation is 1. The topological polar surface area (TPSA) is 42.2 Å². The van der Waals surface area contributed by atoms with Crippen LogP contribution in [0.5, 0.6) is 0 Å². The van der Waals surface area contributed by atoms with E-state index in [4.69, 9.17) is 5.11 Å². The molecule has 0 aliphatic rings. The molecular weight excluding hydrogens is 202 g/mol. The monoisotopic (exact) mass is 217 g/mol. The van der Waals surface area contributed by atoms with Crippen molar-refractivity contribution in [1.29, 1.82) is 0 Å². The smallest absolute Gasteiger partial charge is 0.194 e. The highest BCUT2D eigenvalue weighted by Crippen LogP contribution is 2.12. The van der Waals surface area contributed by atoms with E-state index in [1.165, 1.54) is 0 Å². The molecule has 0 fully saturated rings. The minimum Gasteiger partial charge on any atom is -0.391 e. The Morgan fingerprint density at radius 1 is 1.31 bits per heavy atom. The minimum absolute atomic E-state index is 0.0644. The molecule has 0 bridgehead atoms. The summed E-state index contributed by atoms with van der Waals surface area (Å²) in [6.07, 6.45) is 2.76. The number of hydrogen-bond acceptors (Lipinski definition) is 2. The van der Waals surface area contributed by atoms with Gasteiger partial charge in [0.1, 0.15) is 0 Å². The second kappa shape index (κ2) is 4.49. The first-order chi connectivity index (χ1) is 7.77. The molecule has 0 spiro atoms. The fourth-order valence-electron chi connectivity index (χ4n) is 1.94. The number of fused-ring (bicyclic) bond motifs is 1. The first-order valence-electron chi connectivity index (χ1n) is 5.50. The van der Waals surface area contributed by atoms with Gasteiger partial charge in [0.2, 0.25) is 0 Å². The van der Waals surface area contributed by atoms with Gasteiger partial charge in [-0.2, -0.15) is 0 Å². The molecule has 3 heteroatoms. The van der Waals surface area contributed by atoms with Crippen molar-refractivity contribution >= 4 is 10.9 Å². The van der Waals surface area contributed by atoms with Gasteiger partial charge in [0.25, 0.3) is 0 Å². The zero-order valence-electron chi connectivity index (χ0n) is 9.31. The van der Waals surface area contributed by atoms with Crippen molar-refractivity contribution in [2.24, 2.45) is 0 Å². The fraction of sp³-hybridized carbons (Fsp3) is 0.308. The summed E-state index contributed by atoms with van der Waals surface area (Å²) in [4.78, 5) is 11.9. The van der Waals surface area contributed by atoms with Gasteiger partial charge in [-0.3, -0.25) is 4.79 Å². The molecule has 0 saturated heterocycles. The van der Waals surface area contributed by atoms with Crippen molar-refractivity contribution < 1.29 is 5.11 Å². The molecule has 0 amide bonds. The van der Waals surface area contributed by atoms with Gasteiger partial charge >= 0.3 is 0 Å². The normalized spacial score (nSPS) is 10.9. The van der Waals surface area contributed by atoms with E-state index >= 15 is 0 Å². The molecule has 1 N–H and O–H groups in total. The van der Waals surface area contributed by atoms with E-state index in [0.29, 0.717) is 10.9 Å². The number of aliphatic hydroxyl groups excluding tert-OH is 1. The summed E-state index contributed by atoms with van der Waals surface area (Å²) in [7, 11) is 0. The van der Waals surface area contributed by atoms with Gasteiger partial charge in [0, 0.05) is 23.7 Å². The second-order valence-corrected chi connectivity index (χ2v) is 3.85. The largest absolute Gasteiger partial charge is 0.391 e. The third kappa shape index (κ3) is 1.74. The molecule has 2 rings (SSSR count). The Hall–Kier alpha value is -1.61. The Morgan fingerprint density at radius 3 is 2.75 bits per heavy atom. The highest BCUT2D eigenvalue weighted by atomic mass is 16.3.